The van der Waals surface area contributed by atoms with E-state index in [0.29, 0.717) is 32.1 Å². The van der Waals surface area contributed by atoms with Crippen LogP contribution in [-0.2, 0) is 29.5 Å². The molecule has 0 radical (unpaired) electrons. The molecule has 0 saturated carbocycles. The van der Waals surface area contributed by atoms with E-state index in [-0.39, 0.29) is 29.6 Å². The Morgan fingerprint density at radius 3 is 2.68 bits per heavy atom. The lowest BCUT2D eigenvalue weighted by atomic mass is 9.69. The number of nitrogens with zero attached hydrogens (tertiary/aromatic N) is 1. The van der Waals surface area contributed by atoms with Crippen molar-refractivity contribution in [3.05, 3.63) is 35.4 Å². The molecule has 1 spiro atoms. The SMILES string of the molecule is CCOC(=O)C[C@@H]1OC[C@@H]2[C@H]1/C(=N\O)c1ccccc1C21OCC(C)(C)CO1. The van der Waals surface area contributed by atoms with Crippen LogP contribution in [0.4, 0.5) is 0 Å². The van der Waals surface area contributed by atoms with Gasteiger partial charge in [0.05, 0.1) is 50.6 Å². The molecule has 7 heteroatoms. The lowest BCUT2D eigenvalue weighted by Crippen LogP contribution is -2.56. The van der Waals surface area contributed by atoms with Gasteiger partial charge in [-0.05, 0) is 6.92 Å². The summed E-state index contributed by atoms with van der Waals surface area (Å²) in [6.45, 7) is 7.71. The number of esters is 1. The van der Waals surface area contributed by atoms with Crippen molar-refractivity contribution >= 4 is 11.7 Å². The molecular formula is C21H27NO6. The number of carbonyl (C=O) groups excluding carboxylic acids is 1. The summed E-state index contributed by atoms with van der Waals surface area (Å²) in [6.07, 6.45) is -0.361. The Morgan fingerprint density at radius 1 is 1.29 bits per heavy atom. The van der Waals surface area contributed by atoms with Crippen molar-refractivity contribution in [2.75, 3.05) is 26.4 Å². The Balaban J connectivity index is 1.76. The van der Waals surface area contributed by atoms with E-state index in [1.807, 2.05) is 24.3 Å². The average Bonchev–Trinajstić information content (AvgIpc) is 3.08. The van der Waals surface area contributed by atoms with E-state index in [4.69, 9.17) is 18.9 Å². The predicted molar refractivity (Wildman–Crippen MR) is 100 cm³/mol. The van der Waals surface area contributed by atoms with Gasteiger partial charge in [-0.15, -0.1) is 0 Å². The molecule has 1 aliphatic carbocycles. The molecule has 2 saturated heterocycles. The van der Waals surface area contributed by atoms with E-state index >= 15 is 0 Å². The van der Waals surface area contributed by atoms with Crippen LogP contribution in [0.1, 0.15) is 38.3 Å². The Labute approximate surface area is 164 Å². The van der Waals surface area contributed by atoms with Gasteiger partial charge in [0.2, 0.25) is 5.79 Å². The second kappa shape index (κ2) is 7.13. The Bertz CT molecular complexity index is 779. The summed E-state index contributed by atoms with van der Waals surface area (Å²) in [4.78, 5) is 12.1. The van der Waals surface area contributed by atoms with E-state index in [1.165, 1.54) is 0 Å². The molecule has 2 heterocycles. The summed E-state index contributed by atoms with van der Waals surface area (Å²) in [5, 5.41) is 13.5. The van der Waals surface area contributed by atoms with Crippen LogP contribution in [-0.4, -0.2) is 49.4 Å². The highest BCUT2D eigenvalue weighted by atomic mass is 16.7. The normalized spacial score (nSPS) is 31.4. The van der Waals surface area contributed by atoms with Crippen molar-refractivity contribution in [1.82, 2.24) is 0 Å². The van der Waals surface area contributed by atoms with Gasteiger partial charge < -0.3 is 24.2 Å². The van der Waals surface area contributed by atoms with Gasteiger partial charge in [0.15, 0.2) is 0 Å². The first-order chi connectivity index (χ1) is 13.4. The minimum atomic E-state index is -0.978. The molecule has 1 aromatic rings. The summed E-state index contributed by atoms with van der Waals surface area (Å²) >= 11 is 0. The molecule has 1 N–H and O–H groups in total. The molecule has 28 heavy (non-hydrogen) atoms. The largest absolute Gasteiger partial charge is 0.466 e. The topological polar surface area (TPSA) is 86.6 Å². The van der Waals surface area contributed by atoms with Crippen molar-refractivity contribution in [2.24, 2.45) is 22.4 Å². The molecule has 3 atom stereocenters. The fraction of sp³-hybridized carbons (Fsp3) is 0.619. The summed E-state index contributed by atoms with van der Waals surface area (Å²) < 4.78 is 23.9. The zero-order valence-corrected chi connectivity index (χ0v) is 16.5. The number of ether oxygens (including phenoxy) is 4. The fourth-order valence-corrected chi connectivity index (χ4v) is 4.54. The molecule has 0 amide bonds. The Morgan fingerprint density at radius 2 is 2.00 bits per heavy atom. The van der Waals surface area contributed by atoms with Crippen LogP contribution in [0.15, 0.2) is 29.4 Å². The van der Waals surface area contributed by atoms with E-state index < -0.39 is 11.9 Å². The molecular weight excluding hydrogens is 362 g/mol. The highest BCUT2D eigenvalue weighted by Crippen LogP contribution is 2.53. The summed E-state index contributed by atoms with van der Waals surface area (Å²) in [6, 6.07) is 7.66. The standard InChI is InChI=1S/C21H27NO6/c1-4-25-17(23)9-16-18-15(10-26-16)21(27-11-20(2,3)12-28-21)14-8-6-5-7-13(14)19(18)22-24/h5-8,15-16,18,24H,4,9-12H2,1-3H3/b22-19-/t15-,16+,18-/m1/s1. The number of fused-ring (bicyclic) bond motifs is 4. The molecule has 0 unspecified atom stereocenters. The van der Waals surface area contributed by atoms with Crippen LogP contribution in [0.5, 0.6) is 0 Å². The van der Waals surface area contributed by atoms with Gasteiger partial charge in [0.25, 0.3) is 0 Å². The first-order valence-corrected chi connectivity index (χ1v) is 9.79. The summed E-state index contributed by atoms with van der Waals surface area (Å²) in [5.41, 5.74) is 2.03. The number of rotatable bonds is 3. The third-order valence-electron chi connectivity index (χ3n) is 5.84. The third kappa shape index (κ3) is 3.02. The Hall–Kier alpha value is -1.96. The number of hydrogen-bond acceptors (Lipinski definition) is 7. The highest BCUT2D eigenvalue weighted by molar-refractivity contribution is 6.05. The molecule has 3 aliphatic rings. The van der Waals surface area contributed by atoms with Gasteiger partial charge in [0, 0.05) is 22.5 Å². The van der Waals surface area contributed by atoms with Gasteiger partial charge >= 0.3 is 5.97 Å². The van der Waals surface area contributed by atoms with Gasteiger partial charge in [-0.2, -0.15) is 0 Å². The quantitative estimate of drug-likeness (QED) is 0.486. The number of benzene rings is 1. The second-order valence-corrected chi connectivity index (χ2v) is 8.45. The van der Waals surface area contributed by atoms with E-state index in [2.05, 4.69) is 19.0 Å². The van der Waals surface area contributed by atoms with Crippen LogP contribution in [0.3, 0.4) is 0 Å². The van der Waals surface area contributed by atoms with Crippen LogP contribution in [0, 0.1) is 17.3 Å². The molecule has 4 rings (SSSR count). The molecule has 0 aromatic heterocycles. The zero-order chi connectivity index (χ0) is 19.9. The first kappa shape index (κ1) is 19.4. The average molecular weight is 389 g/mol. The van der Waals surface area contributed by atoms with Crippen molar-refractivity contribution in [3.8, 4) is 0 Å². The van der Waals surface area contributed by atoms with Crippen molar-refractivity contribution in [2.45, 2.75) is 39.1 Å². The van der Waals surface area contributed by atoms with E-state index in [1.54, 1.807) is 6.92 Å². The predicted octanol–water partition coefficient (Wildman–Crippen LogP) is 2.69. The minimum absolute atomic E-state index is 0.0924. The monoisotopic (exact) mass is 389 g/mol. The van der Waals surface area contributed by atoms with Crippen LogP contribution in [0.25, 0.3) is 0 Å². The maximum atomic E-state index is 12.1. The van der Waals surface area contributed by atoms with Crippen molar-refractivity contribution in [1.29, 1.82) is 0 Å². The van der Waals surface area contributed by atoms with Gasteiger partial charge in [0.1, 0.15) is 0 Å². The van der Waals surface area contributed by atoms with Crippen molar-refractivity contribution < 1.29 is 28.9 Å². The zero-order valence-electron chi connectivity index (χ0n) is 16.5. The van der Waals surface area contributed by atoms with Gasteiger partial charge in [-0.3, -0.25) is 4.79 Å². The maximum Gasteiger partial charge on any atom is 0.308 e. The molecule has 152 valence electrons. The smallest absolute Gasteiger partial charge is 0.308 e. The molecule has 0 bridgehead atoms. The fourth-order valence-electron chi connectivity index (χ4n) is 4.54. The minimum Gasteiger partial charge on any atom is -0.466 e. The molecule has 2 aliphatic heterocycles. The van der Waals surface area contributed by atoms with E-state index in [9.17, 15) is 10.0 Å². The lowest BCUT2D eigenvalue weighted by molar-refractivity contribution is -0.335. The van der Waals surface area contributed by atoms with Crippen molar-refractivity contribution in [3.63, 3.8) is 0 Å². The lowest BCUT2D eigenvalue weighted by Gasteiger charge is -2.50. The van der Waals surface area contributed by atoms with Gasteiger partial charge in [-0.25, -0.2) is 0 Å². The number of carbonyl (C=O) groups is 1. The summed E-state index contributed by atoms with van der Waals surface area (Å²) in [5.74, 6) is -1.85. The number of hydrogen-bond donors (Lipinski definition) is 1. The first-order valence-electron chi connectivity index (χ1n) is 9.79. The van der Waals surface area contributed by atoms with Gasteiger partial charge in [-0.1, -0.05) is 43.3 Å². The van der Waals surface area contributed by atoms with Crippen LogP contribution >= 0.6 is 0 Å². The Kier molecular flexibility index (Phi) is 4.93. The second-order valence-electron chi connectivity index (χ2n) is 8.45. The van der Waals surface area contributed by atoms with Crippen LogP contribution < -0.4 is 0 Å². The molecule has 7 nitrogen and oxygen atoms in total. The molecule has 1 aromatic carbocycles. The molecule has 2 fully saturated rings. The number of oxime groups is 1. The third-order valence-corrected chi connectivity index (χ3v) is 5.84. The maximum absolute atomic E-state index is 12.1. The van der Waals surface area contributed by atoms with Crippen LogP contribution in [0.2, 0.25) is 0 Å². The highest BCUT2D eigenvalue weighted by Gasteiger charge is 2.61. The summed E-state index contributed by atoms with van der Waals surface area (Å²) in [7, 11) is 0. The van der Waals surface area contributed by atoms with E-state index in [0.717, 1.165) is 11.1 Å².